The number of fused-ring (bicyclic) bond motifs is 3. The Morgan fingerprint density at radius 3 is 3.05 bits per heavy atom. The first-order chi connectivity index (χ1) is 9.52. The number of aliphatic hydroxyl groups is 1. The van der Waals surface area contributed by atoms with Crippen molar-refractivity contribution in [2.24, 2.45) is 0 Å². The van der Waals surface area contributed by atoms with Crippen LogP contribution in [0.1, 0.15) is 24.8 Å². The smallest absolute Gasteiger partial charge is 0.248 e. The molecule has 0 saturated carbocycles. The number of rotatable bonds is 1. The Morgan fingerprint density at radius 1 is 1.60 bits per heavy atom. The highest BCUT2D eigenvalue weighted by Crippen LogP contribution is 2.46. The number of nitrogens with zero attached hydrogens (tertiary/aromatic N) is 1. The van der Waals surface area contributed by atoms with Gasteiger partial charge in [-0.3, -0.25) is 4.79 Å². The van der Waals surface area contributed by atoms with Crippen LogP contribution in [0.3, 0.4) is 0 Å². The Balaban J connectivity index is 1.94. The number of aliphatic hydroxyl groups excluding tert-OH is 1. The topological polar surface area (TPSA) is 49.8 Å². The van der Waals surface area contributed by atoms with Gasteiger partial charge in [-0.1, -0.05) is 17.7 Å². The number of carbonyl (C=O) groups is 1. The summed E-state index contributed by atoms with van der Waals surface area (Å²) in [4.78, 5) is 13.4. The second-order valence-corrected chi connectivity index (χ2v) is 5.74. The maximum absolute atomic E-state index is 14.0. The lowest BCUT2D eigenvalue weighted by Crippen LogP contribution is -2.50. The molecule has 1 N–H and O–H groups in total. The molecule has 0 radical (unpaired) electrons. The molecule has 1 aromatic rings. The molecule has 3 rings (SSSR count). The Morgan fingerprint density at radius 2 is 2.35 bits per heavy atom. The van der Waals surface area contributed by atoms with Crippen LogP contribution >= 0.6 is 11.6 Å². The molecule has 4 nitrogen and oxygen atoms in total. The average molecular weight is 300 g/mol. The summed E-state index contributed by atoms with van der Waals surface area (Å²) in [5.74, 6) is -0.702. The summed E-state index contributed by atoms with van der Waals surface area (Å²) in [6, 6.07) is 3.23. The second-order valence-electron chi connectivity index (χ2n) is 5.33. The average Bonchev–Trinajstić information content (AvgIpc) is 2.79. The van der Waals surface area contributed by atoms with Gasteiger partial charge in [-0.2, -0.15) is 0 Å². The van der Waals surface area contributed by atoms with E-state index < -0.39 is 12.4 Å². The van der Waals surface area contributed by atoms with Crippen LogP contribution in [-0.2, 0) is 4.79 Å². The largest absolute Gasteiger partial charge is 0.486 e. The monoisotopic (exact) mass is 299 g/mol. The van der Waals surface area contributed by atoms with Crippen LogP contribution in [0.25, 0.3) is 0 Å². The summed E-state index contributed by atoms with van der Waals surface area (Å²) in [5, 5.41) is 9.06. The highest BCUT2D eigenvalue weighted by Gasteiger charge is 2.44. The summed E-state index contributed by atoms with van der Waals surface area (Å²) >= 11 is 5.77. The van der Waals surface area contributed by atoms with Crippen molar-refractivity contribution >= 4 is 17.5 Å². The number of hydrogen-bond acceptors (Lipinski definition) is 3. The van der Waals surface area contributed by atoms with Gasteiger partial charge in [0.2, 0.25) is 5.91 Å². The van der Waals surface area contributed by atoms with Gasteiger partial charge in [0.15, 0.2) is 11.6 Å². The van der Waals surface area contributed by atoms with Gasteiger partial charge < -0.3 is 14.7 Å². The first kappa shape index (κ1) is 13.6. The molecular formula is C14H15ClFNO3. The molecule has 0 spiro atoms. The molecule has 2 aliphatic heterocycles. The van der Waals surface area contributed by atoms with Crippen LogP contribution in [0, 0.1) is 5.82 Å². The molecule has 1 fully saturated rings. The van der Waals surface area contributed by atoms with Gasteiger partial charge in [0, 0.05) is 30.5 Å². The van der Waals surface area contributed by atoms with Crippen molar-refractivity contribution in [1.82, 2.24) is 4.90 Å². The van der Waals surface area contributed by atoms with Gasteiger partial charge in [-0.15, -0.1) is 0 Å². The molecule has 0 aromatic heterocycles. The summed E-state index contributed by atoms with van der Waals surface area (Å²) in [6.45, 7) is 1.82. The van der Waals surface area contributed by atoms with Crippen LogP contribution in [-0.4, -0.2) is 41.2 Å². The number of hydrogen-bond donors (Lipinski definition) is 1. The van der Waals surface area contributed by atoms with E-state index in [0.717, 1.165) is 5.56 Å². The third-order valence-corrected chi connectivity index (χ3v) is 4.44. The minimum atomic E-state index is -0.536. The van der Waals surface area contributed by atoms with E-state index in [4.69, 9.17) is 21.4 Å². The van der Waals surface area contributed by atoms with Crippen LogP contribution in [0.4, 0.5) is 4.39 Å². The van der Waals surface area contributed by atoms with Gasteiger partial charge >= 0.3 is 0 Å². The van der Waals surface area contributed by atoms with Crippen LogP contribution in [0.2, 0.25) is 5.02 Å². The molecule has 1 saturated heterocycles. The fourth-order valence-electron chi connectivity index (χ4n) is 3.11. The molecule has 2 heterocycles. The first-order valence-electron chi connectivity index (χ1n) is 6.57. The highest BCUT2D eigenvalue weighted by atomic mass is 35.5. The Hall–Kier alpha value is -1.33. The van der Waals surface area contributed by atoms with Gasteiger partial charge in [-0.05, 0) is 13.0 Å². The molecule has 3 atom stereocenters. The fraction of sp³-hybridized carbons (Fsp3) is 0.500. The quantitative estimate of drug-likeness (QED) is 0.862. The number of amides is 1. The molecule has 108 valence electrons. The summed E-state index contributed by atoms with van der Waals surface area (Å²) in [6.07, 6.45) is 0.470. The Bertz CT molecular complexity index is 566. The molecule has 1 amide bonds. The van der Waals surface area contributed by atoms with Crippen LogP contribution in [0.15, 0.2) is 12.1 Å². The number of halogens is 2. The van der Waals surface area contributed by atoms with E-state index in [1.807, 2.05) is 6.92 Å². The van der Waals surface area contributed by atoms with Crippen molar-refractivity contribution in [2.45, 2.75) is 31.4 Å². The molecule has 1 aromatic carbocycles. The zero-order valence-electron chi connectivity index (χ0n) is 11.0. The van der Waals surface area contributed by atoms with E-state index in [2.05, 4.69) is 0 Å². The van der Waals surface area contributed by atoms with E-state index in [0.29, 0.717) is 13.0 Å². The molecule has 6 heteroatoms. The van der Waals surface area contributed by atoms with E-state index in [1.54, 1.807) is 11.0 Å². The fourth-order valence-corrected chi connectivity index (χ4v) is 3.26. The van der Waals surface area contributed by atoms with Crippen molar-refractivity contribution in [2.75, 3.05) is 13.2 Å². The zero-order valence-corrected chi connectivity index (χ0v) is 11.7. The molecule has 2 unspecified atom stereocenters. The number of carbonyl (C=O) groups excluding carboxylic acids is 1. The predicted octanol–water partition coefficient (Wildman–Crippen LogP) is 1.94. The molecule has 2 aliphatic rings. The van der Waals surface area contributed by atoms with Gasteiger partial charge in [0.05, 0.1) is 5.02 Å². The lowest BCUT2D eigenvalue weighted by molar-refractivity contribution is -0.139. The standard InChI is InChI=1S/C14H15ClFNO3/c1-7-4-11-9(5-17(7)12(19)6-18)8-2-3-10(15)13(16)14(8)20-11/h2-3,7,9,11,18H,4-6H2,1H3/t7-,9?,11?/m1/s1. The summed E-state index contributed by atoms with van der Waals surface area (Å²) in [7, 11) is 0. The van der Waals surface area contributed by atoms with Crippen LogP contribution in [0.5, 0.6) is 5.75 Å². The maximum Gasteiger partial charge on any atom is 0.248 e. The predicted molar refractivity (Wildman–Crippen MR) is 71.4 cm³/mol. The number of benzene rings is 1. The van der Waals surface area contributed by atoms with E-state index >= 15 is 0 Å². The SMILES string of the molecule is C[C@@H]1CC2Oc3c(ccc(Cl)c3F)C2CN1C(=O)CO. The lowest BCUT2D eigenvalue weighted by Gasteiger charge is -2.39. The number of ether oxygens (including phenoxy) is 1. The Labute approximate surface area is 121 Å². The van der Waals surface area contributed by atoms with Crippen LogP contribution < -0.4 is 4.74 Å². The van der Waals surface area contributed by atoms with Crippen molar-refractivity contribution < 1.29 is 19.0 Å². The van der Waals surface area contributed by atoms with Crippen molar-refractivity contribution in [3.63, 3.8) is 0 Å². The van der Waals surface area contributed by atoms with E-state index in [-0.39, 0.29) is 34.7 Å². The molecule has 0 bridgehead atoms. The molecule has 0 aliphatic carbocycles. The Kier molecular flexibility index (Phi) is 3.34. The minimum absolute atomic E-state index is 0.0382. The third kappa shape index (κ3) is 1.96. The van der Waals surface area contributed by atoms with Gasteiger partial charge in [0.1, 0.15) is 12.7 Å². The van der Waals surface area contributed by atoms with Crippen molar-refractivity contribution in [3.05, 3.63) is 28.5 Å². The van der Waals surface area contributed by atoms with E-state index in [1.165, 1.54) is 6.07 Å². The van der Waals surface area contributed by atoms with Crippen molar-refractivity contribution in [1.29, 1.82) is 0 Å². The normalized spacial score (nSPS) is 27.8. The summed E-state index contributed by atoms with van der Waals surface area (Å²) < 4.78 is 19.7. The summed E-state index contributed by atoms with van der Waals surface area (Å²) in [5.41, 5.74) is 0.750. The van der Waals surface area contributed by atoms with E-state index in [9.17, 15) is 9.18 Å². The first-order valence-corrected chi connectivity index (χ1v) is 6.95. The minimum Gasteiger partial charge on any atom is -0.486 e. The maximum atomic E-state index is 14.0. The second kappa shape index (κ2) is 4.90. The van der Waals surface area contributed by atoms with Crippen molar-refractivity contribution in [3.8, 4) is 5.75 Å². The lowest BCUT2D eigenvalue weighted by atomic mass is 9.87. The molecular weight excluding hydrogens is 285 g/mol. The number of likely N-dealkylation sites (tertiary alicyclic amines) is 1. The zero-order chi connectivity index (χ0) is 14.4. The van der Waals surface area contributed by atoms with Gasteiger partial charge in [0.25, 0.3) is 0 Å². The third-order valence-electron chi connectivity index (χ3n) is 4.15. The number of piperidine rings is 1. The highest BCUT2D eigenvalue weighted by molar-refractivity contribution is 6.30. The van der Waals surface area contributed by atoms with Gasteiger partial charge in [-0.25, -0.2) is 4.39 Å². The molecule has 20 heavy (non-hydrogen) atoms.